The molecule has 0 N–H and O–H groups in total. The van der Waals surface area contributed by atoms with Crippen molar-refractivity contribution in [1.29, 1.82) is 0 Å². The van der Waals surface area contributed by atoms with Gasteiger partial charge in [-0.15, -0.1) is 0 Å². The summed E-state index contributed by atoms with van der Waals surface area (Å²) in [4.78, 5) is 5.15. The van der Waals surface area contributed by atoms with Crippen molar-refractivity contribution in [2.24, 2.45) is 0 Å². The number of hydrogen-bond acceptors (Lipinski definition) is 3. The number of nitrogens with zero attached hydrogens (tertiary/aromatic N) is 3. The van der Waals surface area contributed by atoms with Crippen LogP contribution in [0.5, 0.6) is 0 Å². The first kappa shape index (κ1) is 19.4. The molecule has 0 amide bonds. The van der Waals surface area contributed by atoms with Gasteiger partial charge in [-0.05, 0) is 39.1 Å². The lowest BCUT2D eigenvalue weighted by atomic mass is 9.56. The second kappa shape index (κ2) is 6.76. The first-order valence-corrected chi connectivity index (χ1v) is 9.43. The zero-order valence-corrected chi connectivity index (χ0v) is 17.4. The summed E-state index contributed by atoms with van der Waals surface area (Å²) in [6.07, 6.45) is 1.68. The molecular weight excluding hydrogens is 292 g/mol. The number of aryl methyl sites for hydroxylation is 2. The van der Waals surface area contributed by atoms with Crippen LogP contribution < -0.4 is 4.81 Å². The van der Waals surface area contributed by atoms with E-state index in [1.807, 2.05) is 0 Å². The Balaban J connectivity index is 0.000000647. The molecule has 2 heterocycles. The highest BCUT2D eigenvalue weighted by atomic mass is 15.4. The van der Waals surface area contributed by atoms with Gasteiger partial charge in [0.25, 0.3) is 6.98 Å². The van der Waals surface area contributed by atoms with Gasteiger partial charge in [0.1, 0.15) is 0 Å². The highest BCUT2D eigenvalue weighted by Crippen LogP contribution is 2.50. The summed E-state index contributed by atoms with van der Waals surface area (Å²) in [5, 5.41) is 0. The van der Waals surface area contributed by atoms with Crippen LogP contribution in [0.4, 0.5) is 5.69 Å². The topological polar surface area (TPSA) is 9.72 Å². The van der Waals surface area contributed by atoms with Crippen LogP contribution in [0.25, 0.3) is 0 Å². The molecule has 2 aliphatic heterocycles. The summed E-state index contributed by atoms with van der Waals surface area (Å²) in [6, 6.07) is 4.72. The summed E-state index contributed by atoms with van der Waals surface area (Å²) >= 11 is 0. The smallest absolute Gasteiger partial charge is 0.330 e. The Hall–Kier alpha value is -0.930. The molecule has 24 heavy (non-hydrogen) atoms. The maximum absolute atomic E-state index is 2.63. The van der Waals surface area contributed by atoms with Crippen molar-refractivity contribution in [3.8, 4) is 0 Å². The fourth-order valence-electron chi connectivity index (χ4n) is 4.50. The first-order valence-electron chi connectivity index (χ1n) is 9.43. The second-order valence-electron chi connectivity index (χ2n) is 8.28. The van der Waals surface area contributed by atoms with E-state index < -0.39 is 0 Å². The van der Waals surface area contributed by atoms with Crippen molar-refractivity contribution in [3.63, 3.8) is 0 Å². The first-order chi connectivity index (χ1) is 11.1. The maximum atomic E-state index is 2.63. The molecule has 0 radical (unpaired) electrons. The van der Waals surface area contributed by atoms with Gasteiger partial charge in [-0.1, -0.05) is 65.5 Å². The normalized spacial score (nSPS) is 22.9. The van der Waals surface area contributed by atoms with Crippen molar-refractivity contribution < 1.29 is 0 Å². The minimum absolute atomic E-state index is 0.143. The van der Waals surface area contributed by atoms with Crippen LogP contribution in [0, 0.1) is 13.8 Å². The molecule has 132 valence electrons. The van der Waals surface area contributed by atoms with Crippen molar-refractivity contribution in [2.75, 3.05) is 18.9 Å². The summed E-state index contributed by atoms with van der Waals surface area (Å²) in [7, 11) is 4.50. The van der Waals surface area contributed by atoms with E-state index in [1.54, 1.807) is 0 Å². The van der Waals surface area contributed by atoms with E-state index in [1.165, 1.54) is 28.8 Å². The van der Waals surface area contributed by atoms with E-state index in [2.05, 4.69) is 95.8 Å². The van der Waals surface area contributed by atoms with Crippen LogP contribution in [0.3, 0.4) is 0 Å². The van der Waals surface area contributed by atoms with Crippen LogP contribution >= 0.6 is 0 Å². The number of rotatable bonds is 0. The quantitative estimate of drug-likeness (QED) is 0.660. The third-order valence-electron chi connectivity index (χ3n) is 5.86. The molecule has 1 aromatic carbocycles. The van der Waals surface area contributed by atoms with Crippen LogP contribution in [0.2, 0.25) is 13.6 Å². The highest BCUT2D eigenvalue weighted by molar-refractivity contribution is 6.74. The molecule has 1 fully saturated rings. The number of benzene rings is 1. The number of fused-ring (bicyclic) bond motifs is 3. The Morgan fingerprint density at radius 3 is 2.12 bits per heavy atom. The molecule has 1 atom stereocenters. The Bertz CT molecular complexity index is 603. The summed E-state index contributed by atoms with van der Waals surface area (Å²) in [5.74, 6) is 0. The molecule has 2 aliphatic rings. The van der Waals surface area contributed by atoms with Gasteiger partial charge in [-0.2, -0.15) is 0 Å². The van der Waals surface area contributed by atoms with E-state index in [4.69, 9.17) is 0 Å². The van der Waals surface area contributed by atoms with Crippen LogP contribution in [0.15, 0.2) is 12.1 Å². The van der Waals surface area contributed by atoms with Gasteiger partial charge in [-0.3, -0.25) is 0 Å². The zero-order chi connectivity index (χ0) is 18.4. The lowest BCUT2D eigenvalue weighted by Gasteiger charge is -2.53. The largest absolute Gasteiger partial charge is 0.386 e. The van der Waals surface area contributed by atoms with Gasteiger partial charge in [0.2, 0.25) is 0 Å². The molecule has 1 aromatic rings. The average molecular weight is 327 g/mol. The molecule has 1 saturated heterocycles. The summed E-state index contributed by atoms with van der Waals surface area (Å²) < 4.78 is 2.46. The van der Waals surface area contributed by atoms with Gasteiger partial charge in [0, 0.05) is 11.1 Å². The Morgan fingerprint density at radius 1 is 1.04 bits per heavy atom. The van der Waals surface area contributed by atoms with Crippen molar-refractivity contribution in [3.05, 3.63) is 28.8 Å². The monoisotopic (exact) mass is 327 g/mol. The van der Waals surface area contributed by atoms with Crippen LogP contribution in [-0.4, -0.2) is 43.8 Å². The number of likely N-dealkylation sites (N-methyl/N-ethyl adjacent to an activating group) is 1. The molecule has 3 rings (SSSR count). The minimum Gasteiger partial charge on any atom is -0.386 e. The lowest BCUT2D eigenvalue weighted by Crippen LogP contribution is -2.73. The van der Waals surface area contributed by atoms with E-state index >= 15 is 0 Å². The summed E-state index contributed by atoms with van der Waals surface area (Å²) in [6.45, 7) is 19.0. The second-order valence-corrected chi connectivity index (χ2v) is 8.28. The van der Waals surface area contributed by atoms with E-state index in [-0.39, 0.29) is 5.41 Å². The molecule has 0 spiro atoms. The third kappa shape index (κ3) is 2.80. The molecule has 5 heteroatoms. The van der Waals surface area contributed by atoms with Gasteiger partial charge in [0.05, 0.1) is 6.17 Å². The van der Waals surface area contributed by atoms with Gasteiger partial charge < -0.3 is 14.3 Å². The number of hydrogen-bond donors (Lipinski definition) is 0. The number of anilines is 1. The fraction of sp³-hybridized carbons (Fsp3) is 0.684. The standard InChI is InChI=1S/C16H27B2N3.C3H8/c1-11-9-12(2)14-13(10-11)16(3,4)15-19(7)17(5)20(8)18(6)21(14)15;1-3-2/h9-10,15H,1-8H3;3H2,1-2H3. The van der Waals surface area contributed by atoms with Crippen LogP contribution in [0.1, 0.15) is 50.8 Å². The van der Waals surface area contributed by atoms with E-state index in [0.717, 1.165) is 0 Å². The highest BCUT2D eigenvalue weighted by Gasteiger charge is 2.55. The van der Waals surface area contributed by atoms with Crippen molar-refractivity contribution in [2.45, 2.75) is 73.2 Å². The fourth-order valence-corrected chi connectivity index (χ4v) is 4.50. The summed E-state index contributed by atoms with van der Waals surface area (Å²) in [5.41, 5.74) is 5.88. The zero-order valence-electron chi connectivity index (χ0n) is 17.4. The SMILES string of the molecule is CB1N(C)B(C)N2c3c(C)cc(C)cc3C(C)(C)C2N1C.CCC. The Labute approximate surface area is 150 Å². The third-order valence-corrected chi connectivity index (χ3v) is 5.86. The average Bonchev–Trinajstić information content (AvgIpc) is 2.72. The molecular formula is C19H35B2N3. The molecule has 0 bridgehead atoms. The van der Waals surface area contributed by atoms with E-state index in [9.17, 15) is 0 Å². The Morgan fingerprint density at radius 2 is 1.58 bits per heavy atom. The van der Waals surface area contributed by atoms with Crippen molar-refractivity contribution in [1.82, 2.24) is 9.53 Å². The molecule has 0 aliphatic carbocycles. The Kier molecular flexibility index (Phi) is 5.46. The molecule has 3 nitrogen and oxygen atoms in total. The lowest BCUT2D eigenvalue weighted by molar-refractivity contribution is 0.258. The predicted octanol–water partition coefficient (Wildman–Crippen LogP) is 4.26. The molecule has 1 unspecified atom stereocenters. The van der Waals surface area contributed by atoms with Crippen molar-refractivity contribution >= 4 is 19.7 Å². The van der Waals surface area contributed by atoms with Gasteiger partial charge >= 0.3 is 6.98 Å². The molecule has 0 saturated carbocycles. The van der Waals surface area contributed by atoms with Crippen LogP contribution in [-0.2, 0) is 5.41 Å². The van der Waals surface area contributed by atoms with E-state index in [0.29, 0.717) is 20.1 Å². The maximum Gasteiger partial charge on any atom is 0.330 e. The van der Waals surface area contributed by atoms with Gasteiger partial charge in [-0.25, -0.2) is 0 Å². The predicted molar refractivity (Wildman–Crippen MR) is 110 cm³/mol. The molecule has 0 aromatic heterocycles. The van der Waals surface area contributed by atoms with Gasteiger partial charge in [0.15, 0.2) is 0 Å². The minimum atomic E-state index is 0.143.